The van der Waals surface area contributed by atoms with Gasteiger partial charge in [0.2, 0.25) is 0 Å². The molecule has 1 aliphatic heterocycles. The van der Waals surface area contributed by atoms with Crippen molar-refractivity contribution in [2.24, 2.45) is 0 Å². The molecule has 2 heterocycles. The van der Waals surface area contributed by atoms with Gasteiger partial charge in [-0.15, -0.1) is 0 Å². The monoisotopic (exact) mass is 493 g/mol. The first-order chi connectivity index (χ1) is 18.3. The number of hydrogen-bond acceptors (Lipinski definition) is 5. The third kappa shape index (κ3) is 5.12. The SMILES string of the molecule is COC(COc1cccc2ncccc12)CN1CCN(C2c3ccccc3CCc3ccccc32)CC1. The molecule has 1 unspecified atom stereocenters. The molecule has 1 atom stereocenters. The number of aromatic nitrogens is 1. The normalized spacial score (nSPS) is 17.6. The van der Waals surface area contributed by atoms with Crippen LogP contribution < -0.4 is 4.74 Å². The zero-order valence-corrected chi connectivity index (χ0v) is 21.6. The summed E-state index contributed by atoms with van der Waals surface area (Å²) in [5.74, 6) is 0.864. The van der Waals surface area contributed by atoms with Crippen LogP contribution in [0.5, 0.6) is 5.75 Å². The molecule has 0 N–H and O–H groups in total. The molecule has 0 radical (unpaired) electrons. The van der Waals surface area contributed by atoms with E-state index in [2.05, 4.69) is 69.4 Å². The van der Waals surface area contributed by atoms with E-state index in [0.29, 0.717) is 12.6 Å². The summed E-state index contributed by atoms with van der Waals surface area (Å²) < 4.78 is 12.1. The summed E-state index contributed by atoms with van der Waals surface area (Å²) in [7, 11) is 1.79. The minimum Gasteiger partial charge on any atom is -0.490 e. The molecule has 0 amide bonds. The van der Waals surface area contributed by atoms with Crippen LogP contribution >= 0.6 is 0 Å². The number of nitrogens with zero attached hydrogens (tertiary/aromatic N) is 3. The lowest BCUT2D eigenvalue weighted by molar-refractivity contribution is 0.0130. The molecule has 190 valence electrons. The van der Waals surface area contributed by atoms with Gasteiger partial charge in [-0.2, -0.15) is 0 Å². The Morgan fingerprint density at radius 2 is 1.51 bits per heavy atom. The molecule has 6 rings (SSSR count). The lowest BCUT2D eigenvalue weighted by atomic mass is 9.92. The molecule has 0 spiro atoms. The second-order valence-corrected chi connectivity index (χ2v) is 10.1. The van der Waals surface area contributed by atoms with Crippen molar-refractivity contribution in [3.63, 3.8) is 0 Å². The maximum atomic E-state index is 6.22. The maximum Gasteiger partial charge on any atom is 0.128 e. The standard InChI is InChI=1S/C32H35N3O2/c1-36-26(23-37-31-14-6-13-30-29(31)12-7-17-33-30)22-34-18-20-35(21-19-34)32-27-10-4-2-8-24(27)15-16-25-9-3-5-11-28(25)32/h2-14,17,26,32H,15-16,18-23H2,1H3. The lowest BCUT2D eigenvalue weighted by Crippen LogP contribution is -2.50. The Bertz CT molecular complexity index is 1300. The van der Waals surface area contributed by atoms with Crippen molar-refractivity contribution in [2.45, 2.75) is 25.0 Å². The van der Waals surface area contributed by atoms with Crippen molar-refractivity contribution in [1.82, 2.24) is 14.8 Å². The van der Waals surface area contributed by atoms with Gasteiger partial charge >= 0.3 is 0 Å². The third-order valence-corrected chi connectivity index (χ3v) is 7.96. The van der Waals surface area contributed by atoms with Gasteiger partial charge in [-0.25, -0.2) is 0 Å². The highest BCUT2D eigenvalue weighted by atomic mass is 16.5. The fraction of sp³-hybridized carbons (Fsp3) is 0.344. The summed E-state index contributed by atoms with van der Waals surface area (Å²) in [6.07, 6.45) is 4.06. The molecule has 0 saturated carbocycles. The van der Waals surface area contributed by atoms with E-state index in [1.165, 1.54) is 22.3 Å². The van der Waals surface area contributed by atoms with E-state index in [-0.39, 0.29) is 6.10 Å². The van der Waals surface area contributed by atoms with Crippen LogP contribution in [0.15, 0.2) is 85.1 Å². The minimum absolute atomic E-state index is 0.0119. The zero-order chi connectivity index (χ0) is 25.0. The summed E-state index contributed by atoms with van der Waals surface area (Å²) >= 11 is 0. The molecule has 1 aromatic heterocycles. The summed E-state index contributed by atoms with van der Waals surface area (Å²) in [5.41, 5.74) is 6.90. The van der Waals surface area contributed by atoms with E-state index in [0.717, 1.165) is 62.2 Å². The Balaban J connectivity index is 1.11. The quantitative estimate of drug-likeness (QED) is 0.357. The van der Waals surface area contributed by atoms with Gasteiger partial charge in [0.15, 0.2) is 0 Å². The maximum absolute atomic E-state index is 6.22. The average molecular weight is 494 g/mol. The summed E-state index contributed by atoms with van der Waals surface area (Å²) in [6, 6.07) is 28.5. The molecule has 37 heavy (non-hydrogen) atoms. The van der Waals surface area contributed by atoms with E-state index in [1.807, 2.05) is 30.5 Å². The summed E-state index contributed by atoms with van der Waals surface area (Å²) in [6.45, 7) is 5.52. The van der Waals surface area contributed by atoms with Gasteiger partial charge < -0.3 is 9.47 Å². The topological polar surface area (TPSA) is 37.8 Å². The molecule has 1 saturated heterocycles. The largest absolute Gasteiger partial charge is 0.490 e. The highest BCUT2D eigenvalue weighted by molar-refractivity contribution is 5.84. The molecular weight excluding hydrogens is 458 g/mol. The first kappa shape index (κ1) is 24.1. The lowest BCUT2D eigenvalue weighted by Gasteiger charge is -2.41. The Labute approximate surface area is 219 Å². The fourth-order valence-corrected chi connectivity index (χ4v) is 5.96. The number of piperazine rings is 1. The van der Waals surface area contributed by atoms with Gasteiger partial charge in [-0.1, -0.05) is 54.6 Å². The van der Waals surface area contributed by atoms with Crippen molar-refractivity contribution in [1.29, 1.82) is 0 Å². The van der Waals surface area contributed by atoms with Crippen molar-refractivity contribution < 1.29 is 9.47 Å². The van der Waals surface area contributed by atoms with E-state index < -0.39 is 0 Å². The first-order valence-electron chi connectivity index (χ1n) is 13.4. The van der Waals surface area contributed by atoms with Crippen LogP contribution in [0.4, 0.5) is 0 Å². The molecule has 3 aromatic carbocycles. The molecule has 1 aliphatic carbocycles. The van der Waals surface area contributed by atoms with Crippen molar-refractivity contribution in [3.05, 3.63) is 107 Å². The predicted octanol–water partition coefficient (Wildman–Crippen LogP) is 5.13. The van der Waals surface area contributed by atoms with Gasteiger partial charge in [-0.05, 0) is 59.4 Å². The van der Waals surface area contributed by atoms with Crippen molar-refractivity contribution in [2.75, 3.05) is 46.4 Å². The fourth-order valence-electron chi connectivity index (χ4n) is 5.96. The van der Waals surface area contributed by atoms with E-state index >= 15 is 0 Å². The van der Waals surface area contributed by atoms with E-state index in [4.69, 9.17) is 9.47 Å². The third-order valence-electron chi connectivity index (χ3n) is 7.96. The van der Waals surface area contributed by atoms with Gasteiger partial charge in [0.05, 0.1) is 11.6 Å². The van der Waals surface area contributed by atoms with Crippen LogP contribution in [-0.4, -0.2) is 67.3 Å². The highest BCUT2D eigenvalue weighted by Gasteiger charge is 2.31. The smallest absolute Gasteiger partial charge is 0.128 e. The second-order valence-electron chi connectivity index (χ2n) is 10.1. The van der Waals surface area contributed by atoms with E-state index in [9.17, 15) is 0 Å². The van der Waals surface area contributed by atoms with Gasteiger partial charge in [-0.3, -0.25) is 14.8 Å². The Morgan fingerprint density at radius 3 is 2.22 bits per heavy atom. The minimum atomic E-state index is 0.0119. The molecule has 1 fully saturated rings. The van der Waals surface area contributed by atoms with Crippen LogP contribution in [0.2, 0.25) is 0 Å². The molecule has 4 aromatic rings. The van der Waals surface area contributed by atoms with Crippen LogP contribution in [-0.2, 0) is 17.6 Å². The molecule has 0 bridgehead atoms. The average Bonchev–Trinajstić information content (AvgIpc) is 3.13. The van der Waals surface area contributed by atoms with Gasteiger partial charge in [0, 0.05) is 51.4 Å². The molecule has 5 nitrogen and oxygen atoms in total. The summed E-state index contributed by atoms with van der Waals surface area (Å²) in [5, 5.41) is 1.04. The number of benzene rings is 3. The molecular formula is C32H35N3O2. The number of methoxy groups -OCH3 is 1. The van der Waals surface area contributed by atoms with Gasteiger partial charge in [0.25, 0.3) is 0 Å². The number of aryl methyl sites for hydroxylation is 2. The number of hydrogen-bond donors (Lipinski definition) is 0. The number of fused-ring (bicyclic) bond motifs is 3. The summed E-state index contributed by atoms with van der Waals surface area (Å²) in [4.78, 5) is 9.64. The Kier molecular flexibility index (Phi) is 7.18. The van der Waals surface area contributed by atoms with Gasteiger partial charge in [0.1, 0.15) is 18.5 Å². The van der Waals surface area contributed by atoms with Crippen LogP contribution in [0, 0.1) is 0 Å². The predicted molar refractivity (Wildman–Crippen MR) is 148 cm³/mol. The first-order valence-corrected chi connectivity index (χ1v) is 13.4. The Morgan fingerprint density at radius 1 is 0.811 bits per heavy atom. The zero-order valence-electron chi connectivity index (χ0n) is 21.6. The van der Waals surface area contributed by atoms with Crippen LogP contribution in [0.3, 0.4) is 0 Å². The number of pyridine rings is 1. The molecule has 2 aliphatic rings. The van der Waals surface area contributed by atoms with Crippen LogP contribution in [0.25, 0.3) is 10.9 Å². The number of ether oxygens (including phenoxy) is 2. The van der Waals surface area contributed by atoms with E-state index in [1.54, 1.807) is 7.11 Å². The second kappa shape index (κ2) is 11.0. The van der Waals surface area contributed by atoms with Crippen molar-refractivity contribution >= 4 is 10.9 Å². The number of rotatable bonds is 7. The Hall–Kier alpha value is -3.25. The van der Waals surface area contributed by atoms with Crippen molar-refractivity contribution in [3.8, 4) is 5.75 Å². The highest BCUT2D eigenvalue weighted by Crippen LogP contribution is 2.37. The molecule has 5 heteroatoms. The van der Waals surface area contributed by atoms with Crippen LogP contribution in [0.1, 0.15) is 28.3 Å².